The van der Waals surface area contributed by atoms with Gasteiger partial charge in [0.25, 0.3) is 5.78 Å². The summed E-state index contributed by atoms with van der Waals surface area (Å²) in [6.07, 6.45) is -0.0933. The van der Waals surface area contributed by atoms with Gasteiger partial charge in [0.15, 0.2) is 0 Å². The predicted molar refractivity (Wildman–Crippen MR) is 41.9 cm³/mol. The van der Waals surface area contributed by atoms with Gasteiger partial charge in [0.1, 0.15) is 0 Å². The first-order chi connectivity index (χ1) is 6.04. The van der Waals surface area contributed by atoms with E-state index in [2.05, 4.69) is 4.74 Å². The molecule has 13 heavy (non-hydrogen) atoms. The fourth-order valence-corrected chi connectivity index (χ4v) is 0.577. The van der Waals surface area contributed by atoms with E-state index in [1.54, 1.807) is 0 Å². The summed E-state index contributed by atoms with van der Waals surface area (Å²) >= 11 is 0. The highest BCUT2D eigenvalue weighted by molar-refractivity contribution is 6.77. The first kappa shape index (κ1) is 11.5. The zero-order chi connectivity index (χ0) is 10.4. The molecule has 0 rings (SSSR count). The summed E-state index contributed by atoms with van der Waals surface area (Å²) in [5.74, 6) is -4.85. The normalized spacial score (nSPS) is 9.08. The van der Waals surface area contributed by atoms with Gasteiger partial charge in [-0.05, 0) is 6.92 Å². The average Bonchev–Trinajstić information content (AvgIpc) is 2.14. The number of ketones is 3. The van der Waals surface area contributed by atoms with E-state index in [1.807, 2.05) is 0 Å². The summed E-state index contributed by atoms with van der Waals surface area (Å²) in [5, 5.41) is 0. The molecule has 0 aromatic carbocycles. The van der Waals surface area contributed by atoms with Crippen molar-refractivity contribution in [3.05, 3.63) is 0 Å². The van der Waals surface area contributed by atoms with Crippen LogP contribution < -0.4 is 0 Å². The molecule has 0 aromatic rings. The molecule has 0 aliphatic heterocycles. The molecule has 0 amide bonds. The Morgan fingerprint density at radius 3 is 1.92 bits per heavy atom. The van der Waals surface area contributed by atoms with Crippen LogP contribution in [0.3, 0.4) is 0 Å². The van der Waals surface area contributed by atoms with Crippen molar-refractivity contribution in [2.45, 2.75) is 20.3 Å². The minimum Gasteiger partial charge on any atom is -0.460 e. The molecule has 5 nitrogen and oxygen atoms in total. The molecule has 0 unspecified atom stereocenters. The topological polar surface area (TPSA) is 77.5 Å². The first-order valence-corrected chi connectivity index (χ1v) is 3.83. The number of esters is 1. The van der Waals surface area contributed by atoms with Gasteiger partial charge in [-0.3, -0.25) is 14.4 Å². The molecular formula is C8H10O5. The van der Waals surface area contributed by atoms with Crippen molar-refractivity contribution in [1.29, 1.82) is 0 Å². The van der Waals surface area contributed by atoms with Crippen LogP contribution in [0.4, 0.5) is 0 Å². The molecule has 0 atom stereocenters. The van der Waals surface area contributed by atoms with Crippen molar-refractivity contribution < 1.29 is 23.9 Å². The molecule has 0 spiro atoms. The molecule has 0 aliphatic rings. The second-order valence-electron chi connectivity index (χ2n) is 2.16. The van der Waals surface area contributed by atoms with Crippen LogP contribution in [0, 0.1) is 0 Å². The van der Waals surface area contributed by atoms with Gasteiger partial charge in [0, 0.05) is 6.42 Å². The highest BCUT2D eigenvalue weighted by Gasteiger charge is 2.28. The van der Waals surface area contributed by atoms with Crippen molar-refractivity contribution in [2.75, 3.05) is 6.61 Å². The lowest BCUT2D eigenvalue weighted by Gasteiger charge is -1.97. The van der Waals surface area contributed by atoms with Gasteiger partial charge in [-0.1, -0.05) is 6.92 Å². The molecule has 0 aliphatic carbocycles. The third kappa shape index (κ3) is 3.14. The van der Waals surface area contributed by atoms with E-state index in [0.717, 1.165) is 0 Å². The van der Waals surface area contributed by atoms with Gasteiger partial charge in [-0.25, -0.2) is 4.79 Å². The van der Waals surface area contributed by atoms with E-state index < -0.39 is 23.3 Å². The van der Waals surface area contributed by atoms with Gasteiger partial charge < -0.3 is 4.74 Å². The lowest BCUT2D eigenvalue weighted by Crippen LogP contribution is -2.31. The van der Waals surface area contributed by atoms with Crippen molar-refractivity contribution in [2.24, 2.45) is 0 Å². The van der Waals surface area contributed by atoms with Crippen LogP contribution in [0.5, 0.6) is 0 Å². The molecule has 0 aromatic heterocycles. The molecule has 0 heterocycles. The average molecular weight is 186 g/mol. The molecule has 0 fully saturated rings. The maximum absolute atomic E-state index is 10.8. The highest BCUT2D eigenvalue weighted by Crippen LogP contribution is 1.89. The Morgan fingerprint density at radius 2 is 1.54 bits per heavy atom. The lowest BCUT2D eigenvalue weighted by atomic mass is 10.1. The Morgan fingerprint density at radius 1 is 1.00 bits per heavy atom. The van der Waals surface area contributed by atoms with Gasteiger partial charge in [-0.2, -0.15) is 0 Å². The van der Waals surface area contributed by atoms with Crippen LogP contribution in [-0.2, 0) is 23.9 Å². The maximum atomic E-state index is 10.8. The fourth-order valence-electron chi connectivity index (χ4n) is 0.577. The van der Waals surface area contributed by atoms with Crippen LogP contribution in [0.2, 0.25) is 0 Å². The predicted octanol–water partition coefficient (Wildman–Crippen LogP) is -0.333. The summed E-state index contributed by atoms with van der Waals surface area (Å²) in [5.41, 5.74) is 0. The third-order valence-electron chi connectivity index (χ3n) is 1.24. The summed E-state index contributed by atoms with van der Waals surface area (Å²) in [4.78, 5) is 42.9. The molecule has 0 radical (unpaired) electrons. The van der Waals surface area contributed by atoms with E-state index in [-0.39, 0.29) is 13.0 Å². The summed E-state index contributed by atoms with van der Waals surface area (Å²) in [7, 11) is 0. The molecular weight excluding hydrogens is 176 g/mol. The number of carbonyl (C=O) groups excluding carboxylic acids is 4. The smallest absolute Gasteiger partial charge is 0.383 e. The zero-order valence-electron chi connectivity index (χ0n) is 7.46. The van der Waals surface area contributed by atoms with E-state index >= 15 is 0 Å². The monoisotopic (exact) mass is 186 g/mol. The quantitative estimate of drug-likeness (QED) is 0.333. The molecule has 0 saturated carbocycles. The number of carbonyl (C=O) groups is 4. The van der Waals surface area contributed by atoms with Crippen LogP contribution in [0.15, 0.2) is 0 Å². The second kappa shape index (κ2) is 5.18. The van der Waals surface area contributed by atoms with Crippen molar-refractivity contribution in [3.63, 3.8) is 0 Å². The summed E-state index contributed by atoms with van der Waals surface area (Å²) in [6, 6.07) is 0. The number of ether oxygens (including phenoxy) is 1. The number of rotatable bonds is 5. The maximum Gasteiger partial charge on any atom is 0.383 e. The van der Waals surface area contributed by atoms with Crippen molar-refractivity contribution in [3.8, 4) is 0 Å². The molecule has 5 heteroatoms. The van der Waals surface area contributed by atoms with Crippen LogP contribution in [0.25, 0.3) is 0 Å². The Bertz CT molecular complexity index is 253. The largest absolute Gasteiger partial charge is 0.460 e. The number of Topliss-reactive ketones (excluding diaryl/α,β-unsaturated/α-hetero) is 3. The Hall–Kier alpha value is -1.52. The van der Waals surface area contributed by atoms with Gasteiger partial charge >= 0.3 is 11.8 Å². The first-order valence-electron chi connectivity index (χ1n) is 3.83. The number of hydrogen-bond donors (Lipinski definition) is 0. The Labute approximate surface area is 75.1 Å². The van der Waals surface area contributed by atoms with E-state index in [0.29, 0.717) is 0 Å². The molecule has 0 bridgehead atoms. The minimum absolute atomic E-state index is 0.00182. The Balaban J connectivity index is 4.35. The van der Waals surface area contributed by atoms with Crippen molar-refractivity contribution in [1.82, 2.24) is 0 Å². The standard InChI is InChI=1S/C8H10O5/c1-3-5(9)6(10)7(11)8(12)13-4-2/h3-4H2,1-2H3. The summed E-state index contributed by atoms with van der Waals surface area (Å²) < 4.78 is 4.26. The highest BCUT2D eigenvalue weighted by atomic mass is 16.5. The molecule has 0 N–H and O–H groups in total. The van der Waals surface area contributed by atoms with Gasteiger partial charge in [0.2, 0.25) is 5.78 Å². The van der Waals surface area contributed by atoms with E-state index in [9.17, 15) is 19.2 Å². The molecule has 72 valence electrons. The van der Waals surface area contributed by atoms with Crippen LogP contribution >= 0.6 is 0 Å². The van der Waals surface area contributed by atoms with Crippen LogP contribution in [0.1, 0.15) is 20.3 Å². The zero-order valence-corrected chi connectivity index (χ0v) is 7.46. The van der Waals surface area contributed by atoms with Gasteiger partial charge in [0.05, 0.1) is 6.61 Å². The third-order valence-corrected chi connectivity index (χ3v) is 1.24. The van der Waals surface area contributed by atoms with Gasteiger partial charge in [-0.15, -0.1) is 0 Å². The van der Waals surface area contributed by atoms with Crippen molar-refractivity contribution >= 4 is 23.3 Å². The van der Waals surface area contributed by atoms with Crippen LogP contribution in [-0.4, -0.2) is 29.9 Å². The van der Waals surface area contributed by atoms with E-state index in [1.165, 1.54) is 13.8 Å². The fraction of sp³-hybridized carbons (Fsp3) is 0.500. The Kier molecular flexibility index (Phi) is 4.58. The van der Waals surface area contributed by atoms with E-state index in [4.69, 9.17) is 0 Å². The SMILES string of the molecule is CCOC(=O)C(=O)C(=O)C(=O)CC. The second-order valence-corrected chi connectivity index (χ2v) is 2.16. The molecule has 0 saturated heterocycles. The summed E-state index contributed by atoms with van der Waals surface area (Å²) in [6.45, 7) is 2.92. The minimum atomic E-state index is -1.39. The lowest BCUT2D eigenvalue weighted by molar-refractivity contribution is -0.158. The number of hydrogen-bond acceptors (Lipinski definition) is 5.